The summed E-state index contributed by atoms with van der Waals surface area (Å²) in [7, 11) is 0. The molecule has 3 heterocycles. The Labute approximate surface area is 271 Å². The third kappa shape index (κ3) is 5.58. The number of carboxylic acids is 2. The van der Waals surface area contributed by atoms with E-state index in [2.05, 4.69) is 39.9 Å². The first-order valence-corrected chi connectivity index (χ1v) is 16.7. The summed E-state index contributed by atoms with van der Waals surface area (Å²) in [5.41, 5.74) is 8.82. The summed E-state index contributed by atoms with van der Waals surface area (Å²) in [6.07, 6.45) is 6.49. The Balaban J connectivity index is 1.39. The Morgan fingerprint density at radius 2 is 1.59 bits per heavy atom. The number of thiazole rings is 1. The van der Waals surface area contributed by atoms with Gasteiger partial charge in [-0.25, -0.2) is 19.6 Å². The molecule has 0 atom stereocenters. The molecule has 0 amide bonds. The molecule has 1 aliphatic carbocycles. The van der Waals surface area contributed by atoms with Crippen LogP contribution in [0, 0.1) is 13.8 Å². The van der Waals surface area contributed by atoms with Crippen molar-refractivity contribution in [3.05, 3.63) is 106 Å². The van der Waals surface area contributed by atoms with Gasteiger partial charge in [-0.3, -0.25) is 0 Å². The summed E-state index contributed by atoms with van der Waals surface area (Å²) in [4.78, 5) is 34.2. The van der Waals surface area contributed by atoms with E-state index in [1.54, 1.807) is 29.5 Å². The van der Waals surface area contributed by atoms with Crippen molar-refractivity contribution in [2.24, 2.45) is 0 Å². The number of carboxylic acid groups (broad SMARTS) is 2. The number of aryl methyl sites for hydroxylation is 4. The van der Waals surface area contributed by atoms with Gasteiger partial charge in [-0.15, -0.1) is 11.3 Å². The van der Waals surface area contributed by atoms with Crippen molar-refractivity contribution < 1.29 is 19.8 Å². The van der Waals surface area contributed by atoms with E-state index < -0.39 is 11.9 Å². The van der Waals surface area contributed by atoms with Crippen molar-refractivity contribution in [2.45, 2.75) is 64.8 Å². The second-order valence-corrected chi connectivity index (χ2v) is 13.5. The summed E-state index contributed by atoms with van der Waals surface area (Å²) < 4.78 is 2.29. The molecular weight excluding hydrogens is 595 g/mol. The monoisotopic (exact) mass is 629 g/mol. The van der Waals surface area contributed by atoms with E-state index in [9.17, 15) is 19.8 Å². The van der Waals surface area contributed by atoms with Gasteiger partial charge in [-0.1, -0.05) is 49.6 Å². The molecule has 0 bridgehead atoms. The van der Waals surface area contributed by atoms with Crippen molar-refractivity contribution in [3.8, 4) is 21.8 Å². The molecule has 0 spiro atoms. The summed E-state index contributed by atoms with van der Waals surface area (Å²) in [6.45, 7) is 4.66. The van der Waals surface area contributed by atoms with E-state index in [1.165, 1.54) is 24.8 Å². The number of nitrogens with zero attached hydrogens (tertiary/aromatic N) is 3. The minimum absolute atomic E-state index is 0.259. The van der Waals surface area contributed by atoms with Gasteiger partial charge in [0.15, 0.2) is 0 Å². The third-order valence-corrected chi connectivity index (χ3v) is 10.4. The largest absolute Gasteiger partial charge is 0.478 e. The molecule has 6 aromatic rings. The van der Waals surface area contributed by atoms with E-state index in [0.717, 1.165) is 72.7 Å². The molecule has 3 aromatic carbocycles. The maximum atomic E-state index is 12.1. The highest BCUT2D eigenvalue weighted by Crippen LogP contribution is 2.45. The van der Waals surface area contributed by atoms with Crippen LogP contribution in [0.25, 0.3) is 43.6 Å². The van der Waals surface area contributed by atoms with Crippen LogP contribution in [0.15, 0.2) is 72.8 Å². The lowest BCUT2D eigenvalue weighted by Crippen LogP contribution is -2.08. The van der Waals surface area contributed by atoms with Gasteiger partial charge in [0.05, 0.1) is 43.6 Å². The zero-order valence-electron chi connectivity index (χ0n) is 25.9. The Kier molecular flexibility index (Phi) is 7.90. The highest BCUT2D eigenvalue weighted by atomic mass is 32.1. The average Bonchev–Trinajstić information content (AvgIpc) is 3.58. The zero-order chi connectivity index (χ0) is 31.9. The van der Waals surface area contributed by atoms with Gasteiger partial charge in [0.2, 0.25) is 0 Å². The van der Waals surface area contributed by atoms with E-state index in [1.807, 2.05) is 38.1 Å². The predicted molar refractivity (Wildman–Crippen MR) is 183 cm³/mol. The molecule has 0 radical (unpaired) electrons. The van der Waals surface area contributed by atoms with Crippen molar-refractivity contribution in [2.75, 3.05) is 0 Å². The van der Waals surface area contributed by atoms with Crippen LogP contribution < -0.4 is 0 Å². The number of benzene rings is 3. The van der Waals surface area contributed by atoms with Crippen LogP contribution >= 0.6 is 11.3 Å². The second-order valence-electron chi connectivity index (χ2n) is 12.3. The van der Waals surface area contributed by atoms with Crippen LogP contribution in [0.3, 0.4) is 0 Å². The number of rotatable bonds is 8. The minimum Gasteiger partial charge on any atom is -0.478 e. The summed E-state index contributed by atoms with van der Waals surface area (Å²) >= 11 is 1.66. The maximum Gasteiger partial charge on any atom is 0.335 e. The molecule has 0 aliphatic heterocycles. The van der Waals surface area contributed by atoms with E-state index in [-0.39, 0.29) is 11.1 Å². The third-order valence-electron chi connectivity index (χ3n) is 9.29. The first-order chi connectivity index (χ1) is 22.3. The molecule has 3 aromatic heterocycles. The van der Waals surface area contributed by atoms with Gasteiger partial charge < -0.3 is 14.8 Å². The van der Waals surface area contributed by atoms with Gasteiger partial charge in [-0.2, -0.15) is 0 Å². The standard InChI is InChI=1S/C38H35N3O4S/c1-22-36(46-23(2)39-22)32-17-13-27-20-28(14-16-31(27)40-32)35-34(25-6-4-3-5-7-25)30-15-12-29(38(44)45)21-33(30)41(35)19-18-24-8-10-26(11-9-24)37(42)43/h8-17,20-21,25H,3-7,18-19H2,1-2H3,(H,42,43)(H,44,45). The molecule has 1 fully saturated rings. The molecule has 1 saturated carbocycles. The number of fused-ring (bicyclic) bond motifs is 2. The smallest absolute Gasteiger partial charge is 0.335 e. The summed E-state index contributed by atoms with van der Waals surface area (Å²) in [5.74, 6) is -1.51. The number of aromatic nitrogens is 3. The van der Waals surface area contributed by atoms with Gasteiger partial charge >= 0.3 is 11.9 Å². The molecule has 0 unspecified atom stereocenters. The predicted octanol–water partition coefficient (Wildman–Crippen LogP) is 9.28. The number of pyridine rings is 1. The zero-order valence-corrected chi connectivity index (χ0v) is 26.7. The Bertz CT molecular complexity index is 2120. The second kappa shape index (κ2) is 12.2. The van der Waals surface area contributed by atoms with Gasteiger partial charge in [0.25, 0.3) is 0 Å². The minimum atomic E-state index is -0.946. The van der Waals surface area contributed by atoms with E-state index in [0.29, 0.717) is 18.9 Å². The normalized spacial score (nSPS) is 13.9. The number of carbonyl (C=O) groups is 2. The first-order valence-electron chi connectivity index (χ1n) is 15.8. The van der Waals surface area contributed by atoms with Crippen LogP contribution in [-0.2, 0) is 13.0 Å². The van der Waals surface area contributed by atoms with E-state index in [4.69, 9.17) is 4.98 Å². The molecule has 232 valence electrons. The van der Waals surface area contributed by atoms with Crippen molar-refractivity contribution in [1.82, 2.24) is 14.5 Å². The van der Waals surface area contributed by atoms with Crippen LogP contribution in [0.1, 0.15) is 80.6 Å². The Morgan fingerprint density at radius 1 is 0.848 bits per heavy atom. The van der Waals surface area contributed by atoms with Crippen LogP contribution in [0.4, 0.5) is 0 Å². The summed E-state index contributed by atoms with van der Waals surface area (Å²) in [5, 5.41) is 22.5. The topological polar surface area (TPSA) is 105 Å². The fourth-order valence-corrected chi connectivity index (χ4v) is 7.97. The average molecular weight is 630 g/mol. The SMILES string of the molecule is Cc1nc(C)c(-c2ccc3cc(-c4c(C5CCCCC5)c5ccc(C(=O)O)cc5n4CCc4ccc(C(=O)O)cc4)ccc3n2)s1. The Hall–Kier alpha value is -4.82. The first kappa shape index (κ1) is 29.9. The van der Waals surface area contributed by atoms with Crippen LogP contribution in [0.5, 0.6) is 0 Å². The number of aromatic carboxylic acids is 2. The summed E-state index contributed by atoms with van der Waals surface area (Å²) in [6, 6.07) is 23.2. The van der Waals surface area contributed by atoms with Crippen molar-refractivity contribution in [3.63, 3.8) is 0 Å². The lowest BCUT2D eigenvalue weighted by molar-refractivity contribution is 0.0686. The van der Waals surface area contributed by atoms with Crippen molar-refractivity contribution >= 4 is 45.1 Å². The lowest BCUT2D eigenvalue weighted by Gasteiger charge is -2.24. The maximum absolute atomic E-state index is 12.1. The molecule has 7 rings (SSSR count). The number of hydrogen-bond donors (Lipinski definition) is 2. The fourth-order valence-electron chi connectivity index (χ4n) is 7.08. The molecule has 46 heavy (non-hydrogen) atoms. The number of hydrogen-bond acceptors (Lipinski definition) is 5. The highest BCUT2D eigenvalue weighted by molar-refractivity contribution is 7.15. The van der Waals surface area contributed by atoms with Crippen molar-refractivity contribution in [1.29, 1.82) is 0 Å². The van der Waals surface area contributed by atoms with E-state index >= 15 is 0 Å². The molecule has 8 heteroatoms. The molecule has 2 N–H and O–H groups in total. The highest BCUT2D eigenvalue weighted by Gasteiger charge is 2.27. The van der Waals surface area contributed by atoms with Gasteiger partial charge in [0, 0.05) is 22.8 Å². The molecule has 0 saturated heterocycles. The van der Waals surface area contributed by atoms with Gasteiger partial charge in [0.1, 0.15) is 0 Å². The van der Waals surface area contributed by atoms with Gasteiger partial charge in [-0.05, 0) is 98.2 Å². The molecular formula is C38H35N3O4S. The molecule has 7 nitrogen and oxygen atoms in total. The lowest BCUT2D eigenvalue weighted by atomic mass is 9.81. The Morgan fingerprint density at radius 3 is 2.28 bits per heavy atom. The van der Waals surface area contributed by atoms with Crippen LogP contribution in [0.2, 0.25) is 0 Å². The molecule has 1 aliphatic rings. The fraction of sp³-hybridized carbons (Fsp3) is 0.263. The quantitative estimate of drug-likeness (QED) is 0.174. The van der Waals surface area contributed by atoms with Crippen LogP contribution in [-0.4, -0.2) is 36.7 Å².